The zero-order chi connectivity index (χ0) is 14.8. The van der Waals surface area contributed by atoms with Crippen molar-refractivity contribution in [1.29, 1.82) is 0 Å². The van der Waals surface area contributed by atoms with E-state index in [1.165, 1.54) is 0 Å². The molecule has 0 saturated heterocycles. The minimum absolute atomic E-state index is 0.0290. The van der Waals surface area contributed by atoms with Crippen molar-refractivity contribution in [2.24, 2.45) is 0 Å². The van der Waals surface area contributed by atoms with E-state index in [4.69, 9.17) is 21.4 Å². The Balaban J connectivity index is 3.45. The highest BCUT2D eigenvalue weighted by Crippen LogP contribution is 2.41. The number of halogens is 1. The van der Waals surface area contributed by atoms with E-state index in [-0.39, 0.29) is 12.3 Å². The van der Waals surface area contributed by atoms with Crippen LogP contribution in [-0.4, -0.2) is 18.2 Å². The van der Waals surface area contributed by atoms with E-state index in [1.807, 2.05) is 19.9 Å². The van der Waals surface area contributed by atoms with Gasteiger partial charge in [-0.15, -0.1) is 0 Å². The van der Waals surface area contributed by atoms with E-state index in [9.17, 15) is 4.79 Å². The Morgan fingerprint density at radius 1 is 1.42 bits per heavy atom. The number of carboxylic acid groups (broad SMARTS) is 1. The van der Waals surface area contributed by atoms with Gasteiger partial charge in [0.15, 0.2) is 0 Å². The van der Waals surface area contributed by atoms with E-state index in [0.29, 0.717) is 5.02 Å². The lowest BCUT2D eigenvalue weighted by Gasteiger charge is -2.28. The lowest BCUT2D eigenvalue weighted by atomic mass is 9.79. The number of benzene rings is 1. The molecule has 0 bridgehead atoms. The monoisotopic (exact) mass is 284 g/mol. The SMILES string of the molecule is COc1c(C(C)C)cc(Cl)cc1C(C)(C)CC(=O)O. The molecule has 3 nitrogen and oxygen atoms in total. The quantitative estimate of drug-likeness (QED) is 0.880. The summed E-state index contributed by atoms with van der Waals surface area (Å²) in [5, 5.41) is 9.66. The van der Waals surface area contributed by atoms with Gasteiger partial charge in [-0.3, -0.25) is 4.79 Å². The van der Waals surface area contributed by atoms with Gasteiger partial charge in [0.1, 0.15) is 5.75 Å². The third kappa shape index (κ3) is 3.63. The summed E-state index contributed by atoms with van der Waals surface area (Å²) in [5.41, 5.74) is 1.31. The third-order valence-corrected chi connectivity index (χ3v) is 3.45. The smallest absolute Gasteiger partial charge is 0.304 e. The zero-order valence-corrected chi connectivity index (χ0v) is 12.8. The molecule has 0 aliphatic carbocycles. The van der Waals surface area contributed by atoms with Gasteiger partial charge in [-0.2, -0.15) is 0 Å². The summed E-state index contributed by atoms with van der Waals surface area (Å²) in [7, 11) is 1.61. The highest BCUT2D eigenvalue weighted by Gasteiger charge is 2.29. The largest absolute Gasteiger partial charge is 0.496 e. The first-order chi connectivity index (χ1) is 8.69. The van der Waals surface area contributed by atoms with Gasteiger partial charge >= 0.3 is 5.97 Å². The van der Waals surface area contributed by atoms with Crippen LogP contribution in [0, 0.1) is 0 Å². The van der Waals surface area contributed by atoms with E-state index in [0.717, 1.165) is 16.9 Å². The molecule has 0 aliphatic rings. The molecule has 0 unspecified atom stereocenters. The normalized spacial score (nSPS) is 11.7. The number of ether oxygens (including phenoxy) is 1. The van der Waals surface area contributed by atoms with Crippen molar-refractivity contribution >= 4 is 17.6 Å². The van der Waals surface area contributed by atoms with Crippen molar-refractivity contribution in [2.75, 3.05) is 7.11 Å². The Kier molecular flexibility index (Phi) is 4.86. The Hall–Kier alpha value is -1.22. The molecule has 0 saturated carbocycles. The number of rotatable bonds is 5. The van der Waals surface area contributed by atoms with Crippen molar-refractivity contribution in [1.82, 2.24) is 0 Å². The number of methoxy groups -OCH3 is 1. The van der Waals surface area contributed by atoms with Crippen molar-refractivity contribution in [3.63, 3.8) is 0 Å². The van der Waals surface area contributed by atoms with Crippen molar-refractivity contribution in [2.45, 2.75) is 45.4 Å². The molecule has 1 aromatic carbocycles. The second-order valence-corrected chi connectivity index (χ2v) is 6.12. The lowest BCUT2D eigenvalue weighted by Crippen LogP contribution is -2.23. The number of carboxylic acids is 1. The van der Waals surface area contributed by atoms with Crippen molar-refractivity contribution < 1.29 is 14.6 Å². The molecule has 0 amide bonds. The van der Waals surface area contributed by atoms with Crippen LogP contribution >= 0.6 is 11.6 Å². The van der Waals surface area contributed by atoms with Crippen LogP contribution < -0.4 is 4.74 Å². The molecule has 1 N–H and O–H groups in total. The Labute approximate surface area is 119 Å². The number of hydrogen-bond acceptors (Lipinski definition) is 2. The number of carbonyl (C=O) groups is 1. The average molecular weight is 285 g/mol. The molecule has 0 radical (unpaired) electrons. The van der Waals surface area contributed by atoms with Crippen LogP contribution in [0.1, 0.15) is 51.2 Å². The average Bonchev–Trinajstić information content (AvgIpc) is 2.25. The first-order valence-electron chi connectivity index (χ1n) is 6.28. The van der Waals surface area contributed by atoms with Gasteiger partial charge in [-0.25, -0.2) is 0 Å². The summed E-state index contributed by atoms with van der Waals surface area (Å²) in [6.07, 6.45) is 0.0290. The van der Waals surface area contributed by atoms with E-state index in [2.05, 4.69) is 13.8 Å². The molecule has 0 spiro atoms. The lowest BCUT2D eigenvalue weighted by molar-refractivity contribution is -0.138. The molecule has 0 fully saturated rings. The molecule has 1 rings (SSSR count). The fraction of sp³-hybridized carbons (Fsp3) is 0.533. The molecule has 1 aromatic rings. The summed E-state index contributed by atoms with van der Waals surface area (Å²) in [6.45, 7) is 7.89. The molecule has 0 heterocycles. The fourth-order valence-electron chi connectivity index (χ4n) is 2.25. The molecule has 0 aliphatic heterocycles. The minimum atomic E-state index is -0.835. The van der Waals surface area contributed by atoms with Crippen LogP contribution in [0.5, 0.6) is 5.75 Å². The molecule has 0 atom stereocenters. The van der Waals surface area contributed by atoms with Gasteiger partial charge in [-0.1, -0.05) is 39.3 Å². The van der Waals surface area contributed by atoms with Crippen molar-refractivity contribution in [3.8, 4) is 5.75 Å². The van der Waals surface area contributed by atoms with Crippen LogP contribution in [0.4, 0.5) is 0 Å². The summed E-state index contributed by atoms with van der Waals surface area (Å²) >= 11 is 6.16. The molecule has 106 valence electrons. The summed E-state index contributed by atoms with van der Waals surface area (Å²) in [4.78, 5) is 11.0. The van der Waals surface area contributed by atoms with Crippen molar-refractivity contribution in [3.05, 3.63) is 28.3 Å². The molecular weight excluding hydrogens is 264 g/mol. The molecule has 0 aromatic heterocycles. The first kappa shape index (κ1) is 15.8. The van der Waals surface area contributed by atoms with Crippen LogP contribution in [0.15, 0.2) is 12.1 Å². The van der Waals surface area contributed by atoms with E-state index < -0.39 is 11.4 Å². The van der Waals surface area contributed by atoms with Crippen LogP contribution in [0.3, 0.4) is 0 Å². The molecule has 4 heteroatoms. The minimum Gasteiger partial charge on any atom is -0.496 e. The summed E-state index contributed by atoms with van der Waals surface area (Å²) in [6, 6.07) is 3.68. The number of aliphatic carboxylic acids is 1. The van der Waals surface area contributed by atoms with E-state index in [1.54, 1.807) is 13.2 Å². The predicted molar refractivity (Wildman–Crippen MR) is 77.4 cm³/mol. The maximum Gasteiger partial charge on any atom is 0.304 e. The maximum absolute atomic E-state index is 11.0. The highest BCUT2D eigenvalue weighted by molar-refractivity contribution is 6.30. The van der Waals surface area contributed by atoms with Gasteiger partial charge in [-0.05, 0) is 23.6 Å². The van der Waals surface area contributed by atoms with Crippen LogP contribution in [0.2, 0.25) is 5.02 Å². The Morgan fingerprint density at radius 2 is 2.00 bits per heavy atom. The number of hydrogen-bond donors (Lipinski definition) is 1. The van der Waals surface area contributed by atoms with Gasteiger partial charge in [0.2, 0.25) is 0 Å². The maximum atomic E-state index is 11.0. The molecule has 19 heavy (non-hydrogen) atoms. The van der Waals surface area contributed by atoms with Crippen LogP contribution in [0.25, 0.3) is 0 Å². The zero-order valence-electron chi connectivity index (χ0n) is 12.1. The first-order valence-corrected chi connectivity index (χ1v) is 6.66. The predicted octanol–water partition coefficient (Wildman–Crippen LogP) is 4.22. The second kappa shape index (κ2) is 5.83. The molecular formula is C15H21ClO3. The Morgan fingerprint density at radius 3 is 2.42 bits per heavy atom. The Bertz CT molecular complexity index is 479. The summed E-state index contributed by atoms with van der Waals surface area (Å²) < 4.78 is 5.51. The van der Waals surface area contributed by atoms with Crippen LogP contribution in [-0.2, 0) is 10.2 Å². The topological polar surface area (TPSA) is 46.5 Å². The highest BCUT2D eigenvalue weighted by atomic mass is 35.5. The third-order valence-electron chi connectivity index (χ3n) is 3.23. The van der Waals surface area contributed by atoms with Gasteiger partial charge in [0.25, 0.3) is 0 Å². The second-order valence-electron chi connectivity index (χ2n) is 5.68. The van der Waals surface area contributed by atoms with Gasteiger partial charge < -0.3 is 9.84 Å². The fourth-order valence-corrected chi connectivity index (χ4v) is 2.47. The van der Waals surface area contributed by atoms with Gasteiger partial charge in [0, 0.05) is 16.0 Å². The van der Waals surface area contributed by atoms with E-state index >= 15 is 0 Å². The summed E-state index contributed by atoms with van der Waals surface area (Å²) in [5.74, 6) is 0.164. The van der Waals surface area contributed by atoms with Gasteiger partial charge in [0.05, 0.1) is 13.5 Å². The standard InChI is InChI=1S/C15H21ClO3/c1-9(2)11-6-10(16)7-12(14(11)19-5)15(3,4)8-13(17)18/h6-7,9H,8H2,1-5H3,(H,17,18).